The minimum absolute atomic E-state index is 0.231. The number of para-hydroxylation sites is 1. The van der Waals surface area contributed by atoms with Crippen LogP contribution < -0.4 is 4.90 Å². The lowest BCUT2D eigenvalue weighted by atomic mass is 9.65. The first-order valence-electron chi connectivity index (χ1n) is 14.1. The summed E-state index contributed by atoms with van der Waals surface area (Å²) < 4.78 is 0. The van der Waals surface area contributed by atoms with Gasteiger partial charge >= 0.3 is 0 Å². The van der Waals surface area contributed by atoms with Gasteiger partial charge in [-0.05, 0) is 62.1 Å². The van der Waals surface area contributed by atoms with Gasteiger partial charge in [0, 0.05) is 23.1 Å². The molecule has 0 aromatic heterocycles. The fourth-order valence-electron chi connectivity index (χ4n) is 6.86. The molecule has 0 saturated carbocycles. The van der Waals surface area contributed by atoms with Crippen molar-refractivity contribution in [3.8, 4) is 0 Å². The molecule has 2 aliphatic heterocycles. The summed E-state index contributed by atoms with van der Waals surface area (Å²) in [7, 11) is 0. The van der Waals surface area contributed by atoms with E-state index >= 15 is 0 Å². The molecule has 3 amide bonds. The molecule has 0 N–H and O–H groups in total. The predicted molar refractivity (Wildman–Crippen MR) is 161 cm³/mol. The van der Waals surface area contributed by atoms with Crippen molar-refractivity contribution < 1.29 is 14.4 Å². The van der Waals surface area contributed by atoms with Crippen LogP contribution in [0.2, 0.25) is 0 Å². The van der Waals surface area contributed by atoms with Crippen LogP contribution >= 0.6 is 0 Å². The van der Waals surface area contributed by atoms with E-state index in [1.54, 1.807) is 24.3 Å². The average Bonchev–Trinajstić information content (AvgIpc) is 3.21. The van der Waals surface area contributed by atoms with Gasteiger partial charge in [-0.25, -0.2) is 0 Å². The molecule has 5 heteroatoms. The number of fused-ring (bicyclic) bond motifs is 2. The molecule has 206 valence electrons. The number of anilines is 1. The molecular weight excluding hydrogens is 508 g/mol. The summed E-state index contributed by atoms with van der Waals surface area (Å²) in [4.78, 5) is 45.3. The zero-order valence-corrected chi connectivity index (χ0v) is 23.9. The third kappa shape index (κ3) is 4.37. The highest BCUT2D eigenvalue weighted by atomic mass is 16.2. The molecule has 5 nitrogen and oxygen atoms in total. The van der Waals surface area contributed by atoms with Crippen LogP contribution in [0.4, 0.5) is 5.69 Å². The van der Waals surface area contributed by atoms with Gasteiger partial charge < -0.3 is 4.90 Å². The Morgan fingerprint density at radius 1 is 0.756 bits per heavy atom. The van der Waals surface area contributed by atoms with Crippen LogP contribution in [-0.2, 0) is 16.6 Å². The summed E-state index contributed by atoms with van der Waals surface area (Å²) in [6.07, 6.45) is 0.904. The lowest BCUT2D eigenvalue weighted by Crippen LogP contribution is -2.61. The van der Waals surface area contributed by atoms with Crippen molar-refractivity contribution in [1.29, 1.82) is 0 Å². The Morgan fingerprint density at radius 3 is 1.95 bits per heavy atom. The van der Waals surface area contributed by atoms with Gasteiger partial charge in [0.25, 0.3) is 17.7 Å². The largest absolute Gasteiger partial charge is 0.305 e. The number of imide groups is 1. The number of hydrogen-bond donors (Lipinski definition) is 0. The van der Waals surface area contributed by atoms with E-state index in [9.17, 15) is 14.4 Å². The predicted octanol–water partition coefficient (Wildman–Crippen LogP) is 6.72. The summed E-state index contributed by atoms with van der Waals surface area (Å²) in [6, 6.07) is 32.1. The molecule has 0 aliphatic carbocycles. The van der Waals surface area contributed by atoms with Gasteiger partial charge in [-0.1, -0.05) is 97.4 Å². The van der Waals surface area contributed by atoms with Crippen LogP contribution in [0, 0.1) is 6.92 Å². The molecular formula is C36H34N2O3. The van der Waals surface area contributed by atoms with Crippen molar-refractivity contribution in [2.24, 2.45) is 0 Å². The maximum atomic E-state index is 14.9. The van der Waals surface area contributed by atoms with E-state index < -0.39 is 23.4 Å². The Kier molecular flexibility index (Phi) is 6.41. The number of carbonyl (C=O) groups excluding carboxylic acids is 3. The first-order valence-corrected chi connectivity index (χ1v) is 14.1. The second-order valence-corrected chi connectivity index (χ2v) is 12.1. The molecule has 2 atom stereocenters. The monoisotopic (exact) mass is 542 g/mol. The topological polar surface area (TPSA) is 57.7 Å². The molecule has 0 radical (unpaired) electrons. The number of rotatable bonds is 5. The molecule has 0 spiro atoms. The highest BCUT2D eigenvalue weighted by molar-refractivity contribution is 6.23. The lowest BCUT2D eigenvalue weighted by Gasteiger charge is -2.52. The van der Waals surface area contributed by atoms with Gasteiger partial charge in [-0.3, -0.25) is 19.3 Å². The Labute approximate surface area is 241 Å². The number of hydrogen-bond acceptors (Lipinski definition) is 3. The van der Waals surface area contributed by atoms with Crippen LogP contribution in [0.15, 0.2) is 103 Å². The first kappa shape index (κ1) is 26.7. The van der Waals surface area contributed by atoms with Crippen molar-refractivity contribution in [3.63, 3.8) is 0 Å². The van der Waals surface area contributed by atoms with E-state index in [1.165, 1.54) is 16.0 Å². The Bertz CT molecular complexity index is 1620. The van der Waals surface area contributed by atoms with Crippen molar-refractivity contribution in [1.82, 2.24) is 4.90 Å². The molecule has 0 saturated heterocycles. The number of benzene rings is 4. The van der Waals surface area contributed by atoms with E-state index in [-0.39, 0.29) is 17.7 Å². The number of aryl methyl sites for hydroxylation is 1. The van der Waals surface area contributed by atoms with Crippen molar-refractivity contribution in [2.75, 3.05) is 4.90 Å². The Balaban J connectivity index is 1.48. The third-order valence-electron chi connectivity index (χ3n) is 8.73. The van der Waals surface area contributed by atoms with Crippen molar-refractivity contribution >= 4 is 23.4 Å². The molecule has 2 heterocycles. The molecule has 6 rings (SSSR count). The van der Waals surface area contributed by atoms with Crippen molar-refractivity contribution in [3.05, 3.63) is 137 Å². The average molecular weight is 543 g/mol. The number of carbonyl (C=O) groups is 3. The first-order chi connectivity index (χ1) is 19.6. The minimum atomic E-state index is -0.999. The van der Waals surface area contributed by atoms with Gasteiger partial charge in [0.05, 0.1) is 11.1 Å². The van der Waals surface area contributed by atoms with Crippen molar-refractivity contribution in [2.45, 2.75) is 57.5 Å². The zero-order chi connectivity index (χ0) is 28.9. The van der Waals surface area contributed by atoms with Gasteiger partial charge in [0.15, 0.2) is 0 Å². The van der Waals surface area contributed by atoms with Gasteiger partial charge in [0.1, 0.15) is 6.04 Å². The van der Waals surface area contributed by atoms with E-state index in [0.717, 1.165) is 16.8 Å². The van der Waals surface area contributed by atoms with Crippen LogP contribution in [0.25, 0.3) is 0 Å². The van der Waals surface area contributed by atoms with Gasteiger partial charge in [-0.2, -0.15) is 0 Å². The van der Waals surface area contributed by atoms with E-state index in [4.69, 9.17) is 0 Å². The summed E-state index contributed by atoms with van der Waals surface area (Å²) in [5.41, 5.74) is 4.87. The lowest BCUT2D eigenvalue weighted by molar-refractivity contribution is -0.123. The quantitative estimate of drug-likeness (QED) is 0.263. The number of nitrogens with zero attached hydrogens (tertiary/aromatic N) is 2. The molecule has 2 aliphatic rings. The van der Waals surface area contributed by atoms with E-state index in [1.807, 2.05) is 53.4 Å². The third-order valence-corrected chi connectivity index (χ3v) is 8.73. The Morgan fingerprint density at radius 2 is 1.32 bits per heavy atom. The summed E-state index contributed by atoms with van der Waals surface area (Å²) in [5.74, 6) is -1.10. The normalized spacial score (nSPS) is 20.0. The summed E-state index contributed by atoms with van der Waals surface area (Å²) in [6.45, 7) is 8.48. The smallest absolute Gasteiger partial charge is 0.262 e. The second kappa shape index (κ2) is 9.84. The molecule has 0 bridgehead atoms. The van der Waals surface area contributed by atoms with Crippen LogP contribution in [0.1, 0.15) is 70.2 Å². The number of amides is 3. The fourth-order valence-corrected chi connectivity index (χ4v) is 6.86. The Hall–Kier alpha value is -4.51. The zero-order valence-electron chi connectivity index (χ0n) is 23.9. The highest BCUT2D eigenvalue weighted by Crippen LogP contribution is 2.50. The van der Waals surface area contributed by atoms with Crippen LogP contribution in [0.3, 0.4) is 0 Å². The molecule has 0 unspecified atom stereocenters. The minimum Gasteiger partial charge on any atom is -0.305 e. The van der Waals surface area contributed by atoms with E-state index in [2.05, 4.69) is 58.0 Å². The molecule has 41 heavy (non-hydrogen) atoms. The fraction of sp³-hybridized carbons (Fsp3) is 0.250. The molecule has 4 aromatic rings. The maximum Gasteiger partial charge on any atom is 0.262 e. The van der Waals surface area contributed by atoms with Crippen LogP contribution in [0.5, 0.6) is 0 Å². The van der Waals surface area contributed by atoms with Gasteiger partial charge in [-0.15, -0.1) is 0 Å². The second-order valence-electron chi connectivity index (χ2n) is 12.1. The SMILES string of the molecule is Cc1ccc([C@]2(C)CC(C)(C)N(C(=O)[C@H](Cc3ccccc3)N3C(=O)c4ccccc4C3=O)c3ccccc32)cc1. The highest BCUT2D eigenvalue weighted by Gasteiger charge is 2.51. The van der Waals surface area contributed by atoms with E-state index in [0.29, 0.717) is 17.5 Å². The summed E-state index contributed by atoms with van der Waals surface area (Å²) in [5, 5.41) is 0. The molecule has 4 aromatic carbocycles. The van der Waals surface area contributed by atoms with Crippen LogP contribution in [-0.4, -0.2) is 34.2 Å². The summed E-state index contributed by atoms with van der Waals surface area (Å²) >= 11 is 0. The van der Waals surface area contributed by atoms with Gasteiger partial charge in [0.2, 0.25) is 0 Å². The standard InChI is InChI=1S/C36H34N2O3/c1-24-18-20-26(21-19-24)36(4)23-35(2,3)38(30-17-11-10-16-29(30)36)34(41)31(22-25-12-6-5-7-13-25)37-32(39)27-14-8-9-15-28(27)33(37)40/h5-21,31H,22-23H2,1-4H3/t31-,36-/m0/s1. The maximum absolute atomic E-state index is 14.9. The molecule has 0 fully saturated rings.